The Kier molecular flexibility index (Phi) is 5.94. The van der Waals surface area contributed by atoms with Crippen LogP contribution in [0.15, 0.2) is 41.2 Å². The van der Waals surface area contributed by atoms with Gasteiger partial charge in [0.05, 0.1) is 28.9 Å². The molecule has 9 nitrogen and oxygen atoms in total. The lowest BCUT2D eigenvalue weighted by atomic mass is 10.1. The molecule has 2 heterocycles. The fourth-order valence-corrected chi connectivity index (χ4v) is 3.07. The number of halogens is 3. The van der Waals surface area contributed by atoms with E-state index in [-0.39, 0.29) is 49.9 Å². The van der Waals surface area contributed by atoms with Crippen molar-refractivity contribution < 1.29 is 32.1 Å². The molecule has 0 saturated carbocycles. The van der Waals surface area contributed by atoms with Crippen LogP contribution in [0.25, 0.3) is 0 Å². The Hall–Kier alpha value is -3.57. The average Bonchev–Trinajstić information content (AvgIpc) is 3.25. The molecule has 0 unspecified atom stereocenters. The highest BCUT2D eigenvalue weighted by Crippen LogP contribution is 2.36. The van der Waals surface area contributed by atoms with Crippen LogP contribution in [0.5, 0.6) is 0 Å². The van der Waals surface area contributed by atoms with E-state index in [2.05, 4.69) is 5.32 Å². The Balaban J connectivity index is 1.60. The summed E-state index contributed by atoms with van der Waals surface area (Å²) in [7, 11) is 0. The summed E-state index contributed by atoms with van der Waals surface area (Å²) in [6, 6.07) is 3.84. The minimum absolute atomic E-state index is 0.0633. The highest BCUT2D eigenvalue weighted by molar-refractivity contribution is 5.96. The zero-order valence-electron chi connectivity index (χ0n) is 15.5. The van der Waals surface area contributed by atoms with Crippen molar-refractivity contribution in [1.82, 2.24) is 10.2 Å². The van der Waals surface area contributed by atoms with E-state index in [0.29, 0.717) is 6.07 Å². The zero-order valence-corrected chi connectivity index (χ0v) is 15.5. The van der Waals surface area contributed by atoms with Crippen LogP contribution in [0.3, 0.4) is 0 Å². The van der Waals surface area contributed by atoms with Crippen molar-refractivity contribution in [3.63, 3.8) is 0 Å². The fraction of sp³-hybridized carbons (Fsp3) is 0.333. The zero-order chi connectivity index (χ0) is 21.9. The second-order valence-corrected chi connectivity index (χ2v) is 6.52. The van der Waals surface area contributed by atoms with Crippen LogP contribution in [-0.2, 0) is 11.0 Å². The number of hydrogen-bond acceptors (Lipinski definition) is 6. The first kappa shape index (κ1) is 21.1. The molecular formula is C18H17F3N4O5. The molecule has 160 valence electrons. The lowest BCUT2D eigenvalue weighted by molar-refractivity contribution is -0.384. The molecule has 0 atom stereocenters. The Bertz CT molecular complexity index is 938. The van der Waals surface area contributed by atoms with Crippen molar-refractivity contribution in [2.24, 2.45) is 0 Å². The quantitative estimate of drug-likeness (QED) is 0.581. The standard InChI is InChI=1S/C18H17F3N4O5/c19-18(20,21)13-1-2-14(15(9-13)25(28)29)23-4-6-24(7-5-23)16(26)10-22-17(27)12-3-8-30-11-12/h1-3,8-9,11H,4-7,10H2,(H,22,27). The Morgan fingerprint density at radius 2 is 1.87 bits per heavy atom. The van der Waals surface area contributed by atoms with Crippen molar-refractivity contribution in [2.45, 2.75) is 6.18 Å². The summed E-state index contributed by atoms with van der Waals surface area (Å²) in [4.78, 5) is 37.6. The number of nitrogens with one attached hydrogen (secondary N) is 1. The molecule has 1 aliphatic heterocycles. The molecule has 0 aliphatic carbocycles. The van der Waals surface area contributed by atoms with Gasteiger partial charge in [0.25, 0.3) is 11.6 Å². The minimum atomic E-state index is -4.69. The van der Waals surface area contributed by atoms with Gasteiger partial charge in [-0.25, -0.2) is 0 Å². The summed E-state index contributed by atoms with van der Waals surface area (Å²) in [6.07, 6.45) is -2.11. The summed E-state index contributed by atoms with van der Waals surface area (Å²) in [5.74, 6) is -0.801. The smallest absolute Gasteiger partial charge is 0.416 e. The summed E-state index contributed by atoms with van der Waals surface area (Å²) in [6.45, 7) is 0.586. The number of furan rings is 1. The summed E-state index contributed by atoms with van der Waals surface area (Å²) >= 11 is 0. The molecule has 0 spiro atoms. The average molecular weight is 426 g/mol. The maximum atomic E-state index is 12.8. The van der Waals surface area contributed by atoms with Gasteiger partial charge in [-0.15, -0.1) is 0 Å². The molecule has 3 rings (SSSR count). The lowest BCUT2D eigenvalue weighted by Gasteiger charge is -2.36. The summed E-state index contributed by atoms with van der Waals surface area (Å²) < 4.78 is 43.3. The van der Waals surface area contributed by atoms with Crippen molar-refractivity contribution >= 4 is 23.2 Å². The number of amides is 2. The first-order valence-corrected chi connectivity index (χ1v) is 8.85. The van der Waals surface area contributed by atoms with E-state index in [0.717, 1.165) is 12.1 Å². The number of rotatable bonds is 5. The van der Waals surface area contributed by atoms with Gasteiger partial charge < -0.3 is 19.5 Å². The van der Waals surface area contributed by atoms with Gasteiger partial charge in [-0.2, -0.15) is 13.2 Å². The number of nitro benzene ring substituents is 1. The largest absolute Gasteiger partial charge is 0.472 e. The lowest BCUT2D eigenvalue weighted by Crippen LogP contribution is -2.51. The van der Waals surface area contributed by atoms with Gasteiger partial charge in [0.2, 0.25) is 5.91 Å². The maximum Gasteiger partial charge on any atom is 0.416 e. The summed E-state index contributed by atoms with van der Waals surface area (Å²) in [5.41, 5.74) is -1.40. The highest BCUT2D eigenvalue weighted by Gasteiger charge is 2.34. The third-order valence-electron chi connectivity index (χ3n) is 4.66. The SMILES string of the molecule is O=C(NCC(=O)N1CCN(c2ccc(C(F)(F)F)cc2[N+](=O)[O-])CC1)c1ccoc1. The molecule has 30 heavy (non-hydrogen) atoms. The summed E-state index contributed by atoms with van der Waals surface area (Å²) in [5, 5.41) is 13.7. The number of nitro groups is 1. The Morgan fingerprint density at radius 1 is 1.17 bits per heavy atom. The molecule has 0 bridgehead atoms. The van der Waals surface area contributed by atoms with Gasteiger partial charge in [0, 0.05) is 32.2 Å². The van der Waals surface area contributed by atoms with Crippen LogP contribution in [-0.4, -0.2) is 54.4 Å². The number of benzene rings is 1. The van der Waals surface area contributed by atoms with Gasteiger partial charge in [0.15, 0.2) is 0 Å². The number of hydrogen-bond donors (Lipinski definition) is 1. The number of carbonyl (C=O) groups excluding carboxylic acids is 2. The normalized spacial score (nSPS) is 14.5. The molecule has 1 aromatic heterocycles. The monoisotopic (exact) mass is 426 g/mol. The van der Waals surface area contributed by atoms with Crippen molar-refractivity contribution in [3.8, 4) is 0 Å². The topological polar surface area (TPSA) is 109 Å². The number of piperazine rings is 1. The first-order valence-electron chi connectivity index (χ1n) is 8.85. The second kappa shape index (κ2) is 8.43. The van der Waals surface area contributed by atoms with Gasteiger partial charge in [-0.05, 0) is 18.2 Å². The van der Waals surface area contributed by atoms with E-state index in [1.54, 1.807) is 4.90 Å². The van der Waals surface area contributed by atoms with Crippen molar-refractivity contribution in [1.29, 1.82) is 0 Å². The molecule has 12 heteroatoms. The third kappa shape index (κ3) is 4.70. The molecule has 2 aromatic rings. The van der Waals surface area contributed by atoms with E-state index >= 15 is 0 Å². The van der Waals surface area contributed by atoms with Gasteiger partial charge in [-0.1, -0.05) is 0 Å². The molecule has 0 radical (unpaired) electrons. The first-order chi connectivity index (χ1) is 14.2. The molecule has 2 amide bonds. The number of alkyl halides is 3. The van der Waals surface area contributed by atoms with E-state index in [9.17, 15) is 32.9 Å². The third-order valence-corrected chi connectivity index (χ3v) is 4.66. The fourth-order valence-electron chi connectivity index (χ4n) is 3.07. The number of nitrogens with zero attached hydrogens (tertiary/aromatic N) is 3. The predicted molar refractivity (Wildman–Crippen MR) is 97.9 cm³/mol. The van der Waals surface area contributed by atoms with Crippen LogP contribution < -0.4 is 10.2 Å². The Morgan fingerprint density at radius 3 is 2.43 bits per heavy atom. The number of anilines is 1. The molecular weight excluding hydrogens is 409 g/mol. The molecule has 1 aliphatic rings. The molecule has 1 N–H and O–H groups in total. The van der Waals surface area contributed by atoms with E-state index in [4.69, 9.17) is 4.42 Å². The maximum absolute atomic E-state index is 12.8. The van der Waals surface area contributed by atoms with Crippen molar-refractivity contribution in [3.05, 3.63) is 58.0 Å². The van der Waals surface area contributed by atoms with Crippen LogP contribution in [0.4, 0.5) is 24.5 Å². The van der Waals surface area contributed by atoms with Gasteiger partial charge >= 0.3 is 6.18 Å². The molecule has 1 aromatic carbocycles. The van der Waals surface area contributed by atoms with Crippen LogP contribution in [0, 0.1) is 10.1 Å². The molecule has 1 saturated heterocycles. The van der Waals surface area contributed by atoms with Crippen molar-refractivity contribution in [2.75, 3.05) is 37.6 Å². The van der Waals surface area contributed by atoms with Gasteiger partial charge in [0.1, 0.15) is 12.0 Å². The number of carbonyl (C=O) groups is 2. The van der Waals surface area contributed by atoms with Crippen LogP contribution in [0.1, 0.15) is 15.9 Å². The highest BCUT2D eigenvalue weighted by atomic mass is 19.4. The van der Waals surface area contributed by atoms with Crippen LogP contribution in [0.2, 0.25) is 0 Å². The minimum Gasteiger partial charge on any atom is -0.472 e. The van der Waals surface area contributed by atoms with Crippen LogP contribution >= 0.6 is 0 Å². The van der Waals surface area contributed by atoms with E-state index in [1.165, 1.54) is 23.5 Å². The Labute approximate surface area is 168 Å². The predicted octanol–water partition coefficient (Wildman–Crippen LogP) is 2.29. The molecule has 1 fully saturated rings. The second-order valence-electron chi connectivity index (χ2n) is 6.52. The van der Waals surface area contributed by atoms with Gasteiger partial charge in [-0.3, -0.25) is 19.7 Å². The van der Waals surface area contributed by atoms with E-state index < -0.39 is 28.3 Å². The van der Waals surface area contributed by atoms with E-state index in [1.807, 2.05) is 0 Å².